The van der Waals surface area contributed by atoms with Gasteiger partial charge in [0.15, 0.2) is 0 Å². The van der Waals surface area contributed by atoms with Gasteiger partial charge in [0.2, 0.25) is 0 Å². The predicted octanol–water partition coefficient (Wildman–Crippen LogP) is 10.3. The van der Waals surface area contributed by atoms with E-state index < -0.39 is 0 Å². The molecule has 2 aromatic carbocycles. The number of nitrogens with zero attached hydrogens (tertiary/aromatic N) is 2. The van der Waals surface area contributed by atoms with Gasteiger partial charge in [-0.1, -0.05) is 82.5 Å². The third-order valence-corrected chi connectivity index (χ3v) is 9.10. The molecule has 0 amide bonds. The van der Waals surface area contributed by atoms with Crippen LogP contribution in [0.4, 0.5) is 0 Å². The van der Waals surface area contributed by atoms with Crippen LogP contribution in [0, 0.1) is 0 Å². The minimum absolute atomic E-state index is 0.0626. The van der Waals surface area contributed by atoms with Crippen LogP contribution in [-0.4, -0.2) is 23.2 Å². The van der Waals surface area contributed by atoms with Crippen LogP contribution < -0.4 is 9.47 Å². The Hall–Kier alpha value is -2.70. The number of aromatic nitrogens is 2. The summed E-state index contributed by atoms with van der Waals surface area (Å²) in [4.78, 5) is 8.12. The van der Waals surface area contributed by atoms with Crippen molar-refractivity contribution in [2.24, 2.45) is 0 Å². The largest absolute Gasteiger partial charge is 0.493 e. The highest BCUT2D eigenvalue weighted by Crippen LogP contribution is 2.55. The summed E-state index contributed by atoms with van der Waals surface area (Å²) >= 11 is 7.48. The number of ether oxygens (including phenoxy) is 2. The summed E-state index contributed by atoms with van der Waals surface area (Å²) in [7, 11) is 0. The smallest absolute Gasteiger partial charge is 0.122 e. The molecule has 0 bridgehead atoms. The second-order valence-corrected chi connectivity index (χ2v) is 12.7. The zero-order chi connectivity index (χ0) is 28.3. The number of hydrogen-bond acceptors (Lipinski definition) is 4. The van der Waals surface area contributed by atoms with E-state index in [4.69, 9.17) is 9.47 Å². The molecule has 0 saturated heterocycles. The Morgan fingerprint density at radius 3 is 1.37 bits per heavy atom. The number of unbranched alkanes of at least 4 members (excludes halogenated alkanes) is 6. The average molecular weight is 679 g/mol. The summed E-state index contributed by atoms with van der Waals surface area (Å²) < 4.78 is 14.0. The second-order valence-electron chi connectivity index (χ2n) is 10.9. The van der Waals surface area contributed by atoms with Gasteiger partial charge < -0.3 is 9.47 Å². The van der Waals surface area contributed by atoms with Gasteiger partial charge in [-0.15, -0.1) is 0 Å². The predicted molar refractivity (Wildman–Crippen MR) is 174 cm³/mol. The number of halogens is 2. The van der Waals surface area contributed by atoms with E-state index in [-0.39, 0.29) is 5.41 Å². The number of rotatable bonds is 16. The van der Waals surface area contributed by atoms with Crippen molar-refractivity contribution in [3.8, 4) is 22.6 Å². The van der Waals surface area contributed by atoms with Crippen molar-refractivity contribution < 1.29 is 9.47 Å². The van der Waals surface area contributed by atoms with E-state index in [1.165, 1.54) is 73.6 Å². The van der Waals surface area contributed by atoms with Gasteiger partial charge in [-0.25, -0.2) is 0 Å². The molecule has 0 saturated carbocycles. The van der Waals surface area contributed by atoms with Gasteiger partial charge in [0.25, 0.3) is 0 Å². The molecule has 0 spiro atoms. The number of fused-ring (bicyclic) bond motifs is 3. The highest BCUT2D eigenvalue weighted by Gasteiger charge is 2.42. The Morgan fingerprint density at radius 1 is 0.512 bits per heavy atom. The molecule has 4 nitrogen and oxygen atoms in total. The fourth-order valence-corrected chi connectivity index (χ4v) is 6.86. The van der Waals surface area contributed by atoms with Gasteiger partial charge in [0, 0.05) is 39.1 Å². The molecule has 0 atom stereocenters. The Bertz CT molecular complexity index is 1270. The van der Waals surface area contributed by atoms with Crippen LogP contribution in [0.25, 0.3) is 11.1 Å². The zero-order valence-electron chi connectivity index (χ0n) is 23.5. The third-order valence-electron chi connectivity index (χ3n) is 8.12. The molecule has 0 unspecified atom stereocenters. The maximum absolute atomic E-state index is 5.88. The van der Waals surface area contributed by atoms with Gasteiger partial charge in [-0.3, -0.25) is 9.97 Å². The first kappa shape index (κ1) is 29.8. The molecular formula is C35H38Br2N2O2. The first-order valence-corrected chi connectivity index (χ1v) is 16.4. The molecule has 0 N–H and O–H groups in total. The van der Waals surface area contributed by atoms with Crippen LogP contribution in [0.2, 0.25) is 0 Å². The van der Waals surface area contributed by atoms with Crippen molar-refractivity contribution >= 4 is 31.9 Å². The van der Waals surface area contributed by atoms with Crippen LogP contribution in [0.3, 0.4) is 0 Å². The Balaban J connectivity index is 1.20. The molecular weight excluding hydrogens is 640 g/mol. The lowest BCUT2D eigenvalue weighted by Crippen LogP contribution is -2.25. The molecule has 0 radical (unpaired) electrons. The maximum Gasteiger partial charge on any atom is 0.122 e. The van der Waals surface area contributed by atoms with Gasteiger partial charge in [0.05, 0.1) is 13.2 Å². The van der Waals surface area contributed by atoms with Crippen molar-refractivity contribution in [1.29, 1.82) is 0 Å². The minimum Gasteiger partial charge on any atom is -0.493 e. The van der Waals surface area contributed by atoms with Crippen LogP contribution in [0.1, 0.15) is 75.3 Å². The fourth-order valence-electron chi connectivity index (χ4n) is 6.14. The molecule has 41 heavy (non-hydrogen) atoms. The van der Waals surface area contributed by atoms with E-state index in [0.29, 0.717) is 0 Å². The summed E-state index contributed by atoms with van der Waals surface area (Å²) in [6, 6.07) is 21.5. The molecule has 0 aliphatic heterocycles. The number of pyridine rings is 2. The average Bonchev–Trinajstić information content (AvgIpc) is 3.25. The van der Waals surface area contributed by atoms with Crippen LogP contribution in [0.5, 0.6) is 11.5 Å². The van der Waals surface area contributed by atoms with E-state index in [1.807, 2.05) is 24.3 Å². The summed E-state index contributed by atoms with van der Waals surface area (Å²) in [5.74, 6) is 1.80. The van der Waals surface area contributed by atoms with Gasteiger partial charge in [-0.05, 0) is 96.5 Å². The monoisotopic (exact) mass is 676 g/mol. The molecule has 6 heteroatoms. The van der Waals surface area contributed by atoms with Gasteiger partial charge >= 0.3 is 0 Å². The molecule has 5 rings (SSSR count). The summed E-state index contributed by atoms with van der Waals surface area (Å²) in [5.41, 5.74) is 5.82. The topological polar surface area (TPSA) is 44.2 Å². The first-order chi connectivity index (χ1) is 20.2. The number of benzene rings is 2. The van der Waals surface area contributed by atoms with Crippen LogP contribution in [-0.2, 0) is 5.41 Å². The summed E-state index contributed by atoms with van der Waals surface area (Å²) in [6.07, 6.45) is 18.8. The normalized spacial score (nSPS) is 13.0. The first-order valence-electron chi connectivity index (χ1n) is 14.8. The molecule has 214 valence electrons. The highest BCUT2D eigenvalue weighted by atomic mass is 79.9. The lowest BCUT2D eigenvalue weighted by Gasteiger charge is -2.33. The second kappa shape index (κ2) is 15.0. The van der Waals surface area contributed by atoms with Crippen molar-refractivity contribution in [1.82, 2.24) is 9.97 Å². The molecule has 4 aromatic rings. The van der Waals surface area contributed by atoms with Crippen molar-refractivity contribution in [3.05, 3.63) is 106 Å². The molecule has 2 aromatic heterocycles. The standard InChI is InChI=1S/C35H38Br2N2O2/c36-27-9-11-33-31(25-27)32-26-28(37)10-12-34(32)35(33,17-5-1-3-7-23-40-29-13-19-38-20-14-29)18-6-2-4-8-24-41-30-15-21-39-22-16-30/h9-16,19-22,25-26H,1-8,17-18,23-24H2. The molecule has 1 aliphatic carbocycles. The van der Waals surface area contributed by atoms with Crippen molar-refractivity contribution in [2.75, 3.05) is 13.2 Å². The van der Waals surface area contributed by atoms with Crippen molar-refractivity contribution in [2.45, 2.75) is 69.6 Å². The lowest BCUT2D eigenvalue weighted by atomic mass is 9.70. The zero-order valence-corrected chi connectivity index (χ0v) is 26.7. The Kier molecular flexibility index (Phi) is 10.9. The Morgan fingerprint density at radius 2 is 0.927 bits per heavy atom. The summed E-state index contributed by atoms with van der Waals surface area (Å²) in [5, 5.41) is 0. The van der Waals surface area contributed by atoms with E-state index in [0.717, 1.165) is 46.5 Å². The SMILES string of the molecule is Brc1ccc2c(c1)-c1cc(Br)ccc1C2(CCCCCCOc1ccncc1)CCCCCCOc1ccncc1. The van der Waals surface area contributed by atoms with Gasteiger partial charge in [0.1, 0.15) is 11.5 Å². The molecule has 2 heterocycles. The quantitative estimate of drug-likeness (QED) is 0.111. The van der Waals surface area contributed by atoms with Crippen LogP contribution >= 0.6 is 31.9 Å². The van der Waals surface area contributed by atoms with E-state index >= 15 is 0 Å². The Labute approximate surface area is 261 Å². The van der Waals surface area contributed by atoms with E-state index in [2.05, 4.69) is 78.2 Å². The maximum atomic E-state index is 5.88. The fraction of sp³-hybridized carbons (Fsp3) is 0.371. The number of hydrogen-bond donors (Lipinski definition) is 0. The lowest BCUT2D eigenvalue weighted by molar-refractivity contribution is 0.300. The highest BCUT2D eigenvalue weighted by molar-refractivity contribution is 9.10. The van der Waals surface area contributed by atoms with Gasteiger partial charge in [-0.2, -0.15) is 0 Å². The third kappa shape index (κ3) is 7.78. The van der Waals surface area contributed by atoms with E-state index in [1.54, 1.807) is 24.8 Å². The van der Waals surface area contributed by atoms with Crippen LogP contribution in [0.15, 0.2) is 94.4 Å². The minimum atomic E-state index is 0.0626. The van der Waals surface area contributed by atoms with Crippen molar-refractivity contribution in [3.63, 3.8) is 0 Å². The summed E-state index contributed by atoms with van der Waals surface area (Å²) in [6.45, 7) is 1.52. The molecule has 0 fully saturated rings. The van der Waals surface area contributed by atoms with E-state index in [9.17, 15) is 0 Å². The molecule has 1 aliphatic rings.